The second-order valence-corrected chi connectivity index (χ2v) is 8.06. The van der Waals surface area contributed by atoms with Gasteiger partial charge in [-0.1, -0.05) is 0 Å². The van der Waals surface area contributed by atoms with E-state index < -0.39 is 20.0 Å². The first kappa shape index (κ1) is 13.9. The summed E-state index contributed by atoms with van der Waals surface area (Å²) in [6, 6.07) is 0. The standard InChI is InChI=1S/C8H18N2O4S2/c1-3-16(13,14)10-6-4-5-9(7-8-10)15(2,11)12/h3-8H2,1-2H3. The summed E-state index contributed by atoms with van der Waals surface area (Å²) >= 11 is 0. The van der Waals surface area contributed by atoms with Crippen LogP contribution in [-0.4, -0.2) is 63.6 Å². The summed E-state index contributed by atoms with van der Waals surface area (Å²) in [5, 5.41) is 0. The zero-order valence-electron chi connectivity index (χ0n) is 9.59. The highest BCUT2D eigenvalue weighted by Crippen LogP contribution is 2.10. The van der Waals surface area contributed by atoms with Crippen molar-refractivity contribution in [2.75, 3.05) is 38.2 Å². The lowest BCUT2D eigenvalue weighted by molar-refractivity contribution is 0.407. The zero-order valence-corrected chi connectivity index (χ0v) is 11.2. The van der Waals surface area contributed by atoms with Gasteiger partial charge in [0, 0.05) is 26.2 Å². The summed E-state index contributed by atoms with van der Waals surface area (Å²) in [7, 11) is -6.41. The quantitative estimate of drug-likeness (QED) is 0.680. The van der Waals surface area contributed by atoms with Crippen LogP contribution in [0.15, 0.2) is 0 Å². The van der Waals surface area contributed by atoms with E-state index in [2.05, 4.69) is 0 Å². The van der Waals surface area contributed by atoms with Gasteiger partial charge in [0.05, 0.1) is 12.0 Å². The van der Waals surface area contributed by atoms with E-state index in [4.69, 9.17) is 0 Å². The van der Waals surface area contributed by atoms with E-state index in [1.807, 2.05) is 0 Å². The summed E-state index contributed by atoms with van der Waals surface area (Å²) in [5.41, 5.74) is 0. The van der Waals surface area contributed by atoms with Gasteiger partial charge in [0.25, 0.3) is 0 Å². The van der Waals surface area contributed by atoms with Crippen molar-refractivity contribution in [3.05, 3.63) is 0 Å². The molecule has 0 saturated carbocycles. The minimum absolute atomic E-state index is 0.0614. The first-order valence-electron chi connectivity index (χ1n) is 5.20. The molecule has 0 amide bonds. The van der Waals surface area contributed by atoms with Gasteiger partial charge < -0.3 is 0 Å². The van der Waals surface area contributed by atoms with Gasteiger partial charge in [0.15, 0.2) is 0 Å². The summed E-state index contributed by atoms with van der Waals surface area (Å²) in [6.45, 7) is 2.90. The number of sulfonamides is 2. The smallest absolute Gasteiger partial charge is 0.213 e. The Hall–Kier alpha value is -0.180. The molecule has 1 rings (SSSR count). The van der Waals surface area contributed by atoms with Crippen molar-refractivity contribution in [3.63, 3.8) is 0 Å². The van der Waals surface area contributed by atoms with Crippen LogP contribution in [0.3, 0.4) is 0 Å². The number of nitrogens with zero attached hydrogens (tertiary/aromatic N) is 2. The third kappa shape index (κ3) is 3.41. The van der Waals surface area contributed by atoms with Crippen molar-refractivity contribution in [1.82, 2.24) is 8.61 Å². The van der Waals surface area contributed by atoms with E-state index >= 15 is 0 Å². The van der Waals surface area contributed by atoms with Crippen LogP contribution in [0, 0.1) is 0 Å². The fourth-order valence-electron chi connectivity index (χ4n) is 1.66. The first-order chi connectivity index (χ1) is 7.27. The van der Waals surface area contributed by atoms with E-state index in [1.165, 1.54) is 8.61 Å². The van der Waals surface area contributed by atoms with E-state index in [-0.39, 0.29) is 18.8 Å². The van der Waals surface area contributed by atoms with Crippen molar-refractivity contribution >= 4 is 20.0 Å². The molecule has 1 heterocycles. The Morgan fingerprint density at radius 3 is 1.94 bits per heavy atom. The predicted molar refractivity (Wildman–Crippen MR) is 62.1 cm³/mol. The normalized spacial score (nSPS) is 21.9. The van der Waals surface area contributed by atoms with Crippen LogP contribution in [0.4, 0.5) is 0 Å². The third-order valence-corrected chi connectivity index (χ3v) is 5.83. The molecule has 16 heavy (non-hydrogen) atoms. The van der Waals surface area contributed by atoms with Gasteiger partial charge >= 0.3 is 0 Å². The topological polar surface area (TPSA) is 74.8 Å². The summed E-state index contributed by atoms with van der Waals surface area (Å²) in [6.07, 6.45) is 1.70. The van der Waals surface area contributed by atoms with E-state index in [9.17, 15) is 16.8 Å². The summed E-state index contributed by atoms with van der Waals surface area (Å²) < 4.78 is 48.6. The Morgan fingerprint density at radius 2 is 1.44 bits per heavy atom. The molecule has 0 atom stereocenters. The Bertz CT molecular complexity index is 429. The number of hydrogen-bond donors (Lipinski definition) is 0. The lowest BCUT2D eigenvalue weighted by Gasteiger charge is -2.19. The van der Waals surface area contributed by atoms with Crippen LogP contribution < -0.4 is 0 Å². The van der Waals surface area contributed by atoms with Crippen LogP contribution in [0.25, 0.3) is 0 Å². The molecule has 0 aromatic heterocycles. The van der Waals surface area contributed by atoms with Crippen molar-refractivity contribution in [2.24, 2.45) is 0 Å². The molecule has 0 aromatic rings. The van der Waals surface area contributed by atoms with E-state index in [0.29, 0.717) is 19.5 Å². The second kappa shape index (κ2) is 4.99. The van der Waals surface area contributed by atoms with Gasteiger partial charge in [-0.3, -0.25) is 0 Å². The molecule has 8 heteroatoms. The molecule has 96 valence electrons. The molecular formula is C8H18N2O4S2. The highest BCUT2D eigenvalue weighted by molar-refractivity contribution is 7.89. The minimum Gasteiger partial charge on any atom is -0.213 e. The van der Waals surface area contributed by atoms with Crippen LogP contribution in [0.2, 0.25) is 0 Å². The highest BCUT2D eigenvalue weighted by Gasteiger charge is 2.26. The van der Waals surface area contributed by atoms with Crippen LogP contribution in [-0.2, 0) is 20.0 Å². The van der Waals surface area contributed by atoms with E-state index in [1.54, 1.807) is 6.92 Å². The van der Waals surface area contributed by atoms with Crippen molar-refractivity contribution < 1.29 is 16.8 Å². The number of rotatable bonds is 3. The summed E-state index contributed by atoms with van der Waals surface area (Å²) in [5.74, 6) is 0.0614. The average molecular weight is 270 g/mol. The second-order valence-electron chi connectivity index (χ2n) is 3.82. The van der Waals surface area contributed by atoms with Gasteiger partial charge in [-0.25, -0.2) is 25.4 Å². The zero-order chi connectivity index (χ0) is 12.4. The Morgan fingerprint density at radius 1 is 0.938 bits per heavy atom. The van der Waals surface area contributed by atoms with Gasteiger partial charge in [-0.2, -0.15) is 0 Å². The SMILES string of the molecule is CCS(=O)(=O)N1CCCN(S(C)(=O)=O)CC1. The molecular weight excluding hydrogens is 252 g/mol. The molecule has 0 spiro atoms. The van der Waals surface area contributed by atoms with Gasteiger partial charge in [-0.05, 0) is 13.3 Å². The lowest BCUT2D eigenvalue weighted by atomic mass is 10.4. The summed E-state index contributed by atoms with van der Waals surface area (Å²) in [4.78, 5) is 0. The predicted octanol–water partition coefficient (Wildman–Crippen LogP) is -0.697. The maximum Gasteiger partial charge on any atom is 0.213 e. The van der Waals surface area contributed by atoms with Crippen molar-refractivity contribution in [3.8, 4) is 0 Å². The first-order valence-corrected chi connectivity index (χ1v) is 8.66. The molecule has 6 nitrogen and oxygen atoms in total. The minimum atomic E-state index is -3.21. The maximum atomic E-state index is 11.6. The third-order valence-electron chi connectivity index (χ3n) is 2.64. The van der Waals surface area contributed by atoms with Crippen LogP contribution in [0.1, 0.15) is 13.3 Å². The Kier molecular flexibility index (Phi) is 4.33. The Balaban J connectivity index is 2.74. The van der Waals surface area contributed by atoms with E-state index in [0.717, 1.165) is 6.26 Å². The molecule has 0 bridgehead atoms. The molecule has 0 unspecified atom stereocenters. The fraction of sp³-hybridized carbons (Fsp3) is 1.00. The molecule has 0 aromatic carbocycles. The molecule has 0 aliphatic carbocycles. The highest BCUT2D eigenvalue weighted by atomic mass is 32.2. The average Bonchev–Trinajstić information content (AvgIpc) is 2.42. The molecule has 0 radical (unpaired) electrons. The molecule has 1 fully saturated rings. The molecule has 0 N–H and O–H groups in total. The van der Waals surface area contributed by atoms with Gasteiger partial charge in [0.1, 0.15) is 0 Å². The fourth-order valence-corrected chi connectivity index (χ4v) is 3.67. The largest absolute Gasteiger partial charge is 0.213 e. The van der Waals surface area contributed by atoms with Crippen molar-refractivity contribution in [1.29, 1.82) is 0 Å². The molecule has 1 aliphatic rings. The monoisotopic (exact) mass is 270 g/mol. The van der Waals surface area contributed by atoms with Gasteiger partial charge in [0.2, 0.25) is 20.0 Å². The number of hydrogen-bond acceptors (Lipinski definition) is 4. The lowest BCUT2D eigenvalue weighted by Crippen LogP contribution is -2.37. The van der Waals surface area contributed by atoms with Crippen LogP contribution >= 0.6 is 0 Å². The maximum absolute atomic E-state index is 11.6. The molecule has 1 saturated heterocycles. The van der Waals surface area contributed by atoms with Crippen LogP contribution in [0.5, 0.6) is 0 Å². The van der Waals surface area contributed by atoms with Crippen molar-refractivity contribution in [2.45, 2.75) is 13.3 Å². The molecule has 1 aliphatic heterocycles. The Labute approximate surface area is 97.3 Å². The van der Waals surface area contributed by atoms with Gasteiger partial charge in [-0.15, -0.1) is 0 Å².